The molecule has 0 aliphatic carbocycles. The zero-order valence-corrected chi connectivity index (χ0v) is 9.02. The summed E-state index contributed by atoms with van der Waals surface area (Å²) in [7, 11) is 0. The van der Waals surface area contributed by atoms with E-state index in [-0.39, 0.29) is 34.8 Å². The lowest BCUT2D eigenvalue weighted by Gasteiger charge is -2.05. The normalized spacial score (nSPS) is 9.88. The van der Waals surface area contributed by atoms with Crippen molar-refractivity contribution in [3.05, 3.63) is 39.4 Å². The minimum Gasteiger partial charge on any atom is -0.300 e. The summed E-state index contributed by atoms with van der Waals surface area (Å²) in [5.74, 6) is -0.489. The first-order chi connectivity index (χ1) is 7.43. The monoisotopic (exact) mass is 221 g/mol. The highest BCUT2D eigenvalue weighted by molar-refractivity contribution is 5.98. The Bertz CT molecular complexity index is 433. The molecule has 0 saturated carbocycles. The molecular weight excluding hydrogens is 210 g/mol. The van der Waals surface area contributed by atoms with E-state index < -0.39 is 4.92 Å². The van der Waals surface area contributed by atoms with Crippen LogP contribution in [-0.2, 0) is 11.2 Å². The van der Waals surface area contributed by atoms with Gasteiger partial charge in [0.1, 0.15) is 5.78 Å². The fourth-order valence-corrected chi connectivity index (χ4v) is 1.51. The Morgan fingerprint density at radius 1 is 1.31 bits per heavy atom. The van der Waals surface area contributed by atoms with Crippen molar-refractivity contribution in [2.24, 2.45) is 0 Å². The van der Waals surface area contributed by atoms with Gasteiger partial charge in [0.25, 0.3) is 5.69 Å². The lowest BCUT2D eigenvalue weighted by Crippen LogP contribution is -2.07. The molecule has 16 heavy (non-hydrogen) atoms. The van der Waals surface area contributed by atoms with Crippen molar-refractivity contribution < 1.29 is 14.5 Å². The third kappa shape index (κ3) is 2.50. The van der Waals surface area contributed by atoms with Crippen LogP contribution in [0, 0.1) is 10.1 Å². The van der Waals surface area contributed by atoms with Gasteiger partial charge in [-0.05, 0) is 13.8 Å². The van der Waals surface area contributed by atoms with Crippen LogP contribution in [0.15, 0.2) is 18.2 Å². The van der Waals surface area contributed by atoms with Crippen LogP contribution in [0.25, 0.3) is 0 Å². The van der Waals surface area contributed by atoms with E-state index in [2.05, 4.69) is 0 Å². The van der Waals surface area contributed by atoms with Gasteiger partial charge < -0.3 is 0 Å². The first-order valence-corrected chi connectivity index (χ1v) is 4.70. The van der Waals surface area contributed by atoms with Gasteiger partial charge in [0.05, 0.1) is 4.92 Å². The maximum absolute atomic E-state index is 11.3. The van der Waals surface area contributed by atoms with Gasteiger partial charge in [-0.25, -0.2) is 0 Å². The van der Waals surface area contributed by atoms with Crippen LogP contribution in [0.2, 0.25) is 0 Å². The van der Waals surface area contributed by atoms with Crippen molar-refractivity contribution in [2.75, 3.05) is 0 Å². The summed E-state index contributed by atoms with van der Waals surface area (Å²) in [6, 6.07) is 4.23. The fourth-order valence-electron chi connectivity index (χ4n) is 1.51. The number of nitro benzene ring substituents is 1. The van der Waals surface area contributed by atoms with E-state index in [0.29, 0.717) is 0 Å². The molecule has 84 valence electrons. The lowest BCUT2D eigenvalue weighted by atomic mass is 9.98. The number of ketones is 2. The Balaban J connectivity index is 3.40. The molecule has 1 rings (SSSR count). The molecule has 1 aromatic carbocycles. The molecule has 0 aromatic heterocycles. The summed E-state index contributed by atoms with van der Waals surface area (Å²) >= 11 is 0. The number of benzene rings is 1. The molecule has 5 heteroatoms. The molecule has 0 fully saturated rings. The lowest BCUT2D eigenvalue weighted by molar-refractivity contribution is -0.385. The molecule has 0 spiro atoms. The average Bonchev–Trinajstić information content (AvgIpc) is 2.16. The minimum absolute atomic E-state index is 0.0912. The number of hydrogen-bond acceptors (Lipinski definition) is 4. The number of nitrogens with zero attached hydrogens (tertiary/aromatic N) is 1. The molecule has 0 aliphatic rings. The molecule has 0 aliphatic heterocycles. The van der Waals surface area contributed by atoms with Crippen LogP contribution in [0.1, 0.15) is 29.8 Å². The van der Waals surface area contributed by atoms with Crippen molar-refractivity contribution >= 4 is 17.3 Å². The van der Waals surface area contributed by atoms with Gasteiger partial charge in [-0.2, -0.15) is 0 Å². The average molecular weight is 221 g/mol. The maximum atomic E-state index is 11.3. The van der Waals surface area contributed by atoms with Gasteiger partial charge in [0.15, 0.2) is 5.78 Å². The number of nitro groups is 1. The quantitative estimate of drug-likeness (QED) is 0.442. The molecule has 0 unspecified atom stereocenters. The van der Waals surface area contributed by atoms with E-state index in [0.717, 1.165) is 0 Å². The van der Waals surface area contributed by atoms with E-state index in [4.69, 9.17) is 0 Å². The predicted molar refractivity (Wildman–Crippen MR) is 57.5 cm³/mol. The first kappa shape index (κ1) is 12.0. The molecule has 5 nitrogen and oxygen atoms in total. The molecule has 0 saturated heterocycles. The zero-order chi connectivity index (χ0) is 12.3. The van der Waals surface area contributed by atoms with Crippen molar-refractivity contribution in [1.82, 2.24) is 0 Å². The Kier molecular flexibility index (Phi) is 3.50. The zero-order valence-electron chi connectivity index (χ0n) is 9.02. The molecule has 0 radical (unpaired) electrons. The summed E-state index contributed by atoms with van der Waals surface area (Å²) < 4.78 is 0. The van der Waals surface area contributed by atoms with Crippen LogP contribution < -0.4 is 0 Å². The Hall–Kier alpha value is -2.04. The second-order valence-electron chi connectivity index (χ2n) is 3.50. The summed E-state index contributed by atoms with van der Waals surface area (Å²) in [4.78, 5) is 32.5. The Morgan fingerprint density at radius 3 is 2.38 bits per heavy atom. The van der Waals surface area contributed by atoms with Crippen LogP contribution in [0.3, 0.4) is 0 Å². The van der Waals surface area contributed by atoms with Gasteiger partial charge in [-0.1, -0.05) is 12.1 Å². The summed E-state index contributed by atoms with van der Waals surface area (Å²) in [6.45, 7) is 2.66. The van der Waals surface area contributed by atoms with E-state index in [1.807, 2.05) is 0 Å². The number of carbonyl (C=O) groups excluding carboxylic acids is 2. The first-order valence-electron chi connectivity index (χ1n) is 4.70. The second kappa shape index (κ2) is 4.65. The summed E-state index contributed by atoms with van der Waals surface area (Å²) in [5, 5.41) is 10.8. The molecular formula is C11H11NO4. The number of carbonyl (C=O) groups is 2. The van der Waals surface area contributed by atoms with Crippen molar-refractivity contribution in [1.29, 1.82) is 0 Å². The highest BCUT2D eigenvalue weighted by Gasteiger charge is 2.20. The van der Waals surface area contributed by atoms with E-state index in [1.54, 1.807) is 0 Å². The van der Waals surface area contributed by atoms with Gasteiger partial charge in [-0.15, -0.1) is 0 Å². The van der Waals surface area contributed by atoms with Gasteiger partial charge in [0.2, 0.25) is 0 Å². The van der Waals surface area contributed by atoms with E-state index in [1.165, 1.54) is 32.0 Å². The fraction of sp³-hybridized carbons (Fsp3) is 0.273. The summed E-state index contributed by atoms with van der Waals surface area (Å²) in [5.41, 5.74) is 0.264. The van der Waals surface area contributed by atoms with Crippen molar-refractivity contribution in [3.63, 3.8) is 0 Å². The number of hydrogen-bond donors (Lipinski definition) is 0. The van der Waals surface area contributed by atoms with Gasteiger partial charge in [0, 0.05) is 23.6 Å². The van der Waals surface area contributed by atoms with Crippen molar-refractivity contribution in [3.8, 4) is 0 Å². The minimum atomic E-state index is -0.579. The van der Waals surface area contributed by atoms with E-state index in [9.17, 15) is 19.7 Å². The molecule has 0 atom stereocenters. The SMILES string of the molecule is CC(=O)Cc1c(C(C)=O)cccc1[N+](=O)[O-]. The smallest absolute Gasteiger partial charge is 0.273 e. The van der Waals surface area contributed by atoms with Crippen LogP contribution in [0.5, 0.6) is 0 Å². The second-order valence-corrected chi connectivity index (χ2v) is 3.50. The largest absolute Gasteiger partial charge is 0.300 e. The predicted octanol–water partition coefficient (Wildman–Crippen LogP) is 1.93. The number of Topliss-reactive ketones (excluding diaryl/α,β-unsaturated/α-hetero) is 2. The molecule has 0 bridgehead atoms. The standard InChI is InChI=1S/C11H11NO4/c1-7(13)6-10-9(8(2)14)4-3-5-11(10)12(15)16/h3-5H,6H2,1-2H3. The van der Waals surface area contributed by atoms with Gasteiger partial charge >= 0.3 is 0 Å². The third-order valence-corrected chi connectivity index (χ3v) is 2.15. The Morgan fingerprint density at radius 2 is 1.94 bits per heavy atom. The third-order valence-electron chi connectivity index (χ3n) is 2.15. The molecule has 0 amide bonds. The van der Waals surface area contributed by atoms with E-state index >= 15 is 0 Å². The molecule has 1 aromatic rings. The highest BCUT2D eigenvalue weighted by Crippen LogP contribution is 2.23. The Labute approximate surface area is 92.2 Å². The number of rotatable bonds is 4. The molecule has 0 N–H and O–H groups in total. The summed E-state index contributed by atoms with van der Waals surface area (Å²) in [6.07, 6.45) is -0.0912. The van der Waals surface area contributed by atoms with Crippen LogP contribution in [-0.4, -0.2) is 16.5 Å². The maximum Gasteiger partial charge on any atom is 0.273 e. The molecule has 0 heterocycles. The van der Waals surface area contributed by atoms with Crippen LogP contribution in [0.4, 0.5) is 5.69 Å². The van der Waals surface area contributed by atoms with Crippen molar-refractivity contribution in [2.45, 2.75) is 20.3 Å². The highest BCUT2D eigenvalue weighted by atomic mass is 16.6. The van der Waals surface area contributed by atoms with Gasteiger partial charge in [-0.3, -0.25) is 19.7 Å². The topological polar surface area (TPSA) is 77.3 Å². The van der Waals surface area contributed by atoms with Crippen LogP contribution >= 0.6 is 0 Å².